The third kappa shape index (κ3) is 4.36. The molecule has 0 aliphatic carbocycles. The van der Waals surface area contributed by atoms with Crippen molar-refractivity contribution in [2.24, 2.45) is 0 Å². The summed E-state index contributed by atoms with van der Waals surface area (Å²) in [6.07, 6.45) is -2.36. The third-order valence-corrected chi connectivity index (χ3v) is 5.14. The second-order valence-corrected chi connectivity index (χ2v) is 6.10. The lowest BCUT2D eigenvalue weighted by molar-refractivity contribution is 0.0175. The van der Waals surface area contributed by atoms with Crippen molar-refractivity contribution in [1.29, 1.82) is 0 Å². The SMILES string of the molecule is Cc1c(C)c(C)c([C@@H](C(F)F)N2CCNCC2)c(C)c1C.Cl.Cl. The Bertz CT molecular complexity index is 501. The van der Waals surface area contributed by atoms with E-state index in [0.717, 1.165) is 40.9 Å². The second kappa shape index (κ2) is 9.16. The number of alkyl halides is 2. The summed E-state index contributed by atoms with van der Waals surface area (Å²) in [5, 5.41) is 3.23. The lowest BCUT2D eigenvalue weighted by atomic mass is 9.85. The van der Waals surface area contributed by atoms with Gasteiger partial charge in [-0.05, 0) is 68.0 Å². The Morgan fingerprint density at radius 3 is 1.57 bits per heavy atom. The van der Waals surface area contributed by atoms with Crippen molar-refractivity contribution in [2.45, 2.75) is 47.1 Å². The van der Waals surface area contributed by atoms with Crippen LogP contribution in [0.2, 0.25) is 0 Å². The molecular weight excluding hydrogens is 341 g/mol. The van der Waals surface area contributed by atoms with Crippen LogP contribution in [0.25, 0.3) is 0 Å². The van der Waals surface area contributed by atoms with Gasteiger partial charge in [0.1, 0.15) is 0 Å². The number of rotatable bonds is 3. The molecule has 0 aromatic heterocycles. The molecule has 1 fully saturated rings. The quantitative estimate of drug-likeness (QED) is 0.856. The van der Waals surface area contributed by atoms with Crippen molar-refractivity contribution in [2.75, 3.05) is 26.2 Å². The van der Waals surface area contributed by atoms with Crippen LogP contribution in [0.3, 0.4) is 0 Å². The van der Waals surface area contributed by atoms with E-state index in [1.807, 2.05) is 32.6 Å². The van der Waals surface area contributed by atoms with Gasteiger partial charge in [0, 0.05) is 26.2 Å². The molecule has 0 spiro atoms. The van der Waals surface area contributed by atoms with Gasteiger partial charge in [0.15, 0.2) is 0 Å². The summed E-state index contributed by atoms with van der Waals surface area (Å²) in [7, 11) is 0. The van der Waals surface area contributed by atoms with Crippen LogP contribution in [0, 0.1) is 34.6 Å². The summed E-state index contributed by atoms with van der Waals surface area (Å²) in [6, 6.07) is -0.787. The molecule has 1 aromatic carbocycles. The molecule has 2 rings (SSSR count). The van der Waals surface area contributed by atoms with E-state index in [1.54, 1.807) is 0 Å². The molecule has 1 aliphatic rings. The molecule has 1 N–H and O–H groups in total. The van der Waals surface area contributed by atoms with Crippen molar-refractivity contribution >= 4 is 24.8 Å². The highest BCUT2D eigenvalue weighted by Crippen LogP contribution is 2.36. The number of nitrogens with zero attached hydrogens (tertiary/aromatic N) is 1. The van der Waals surface area contributed by atoms with Crippen molar-refractivity contribution in [3.63, 3.8) is 0 Å². The van der Waals surface area contributed by atoms with Crippen molar-refractivity contribution in [1.82, 2.24) is 10.2 Å². The van der Waals surface area contributed by atoms with Crippen molar-refractivity contribution < 1.29 is 8.78 Å². The number of hydrogen-bond donors (Lipinski definition) is 1. The Morgan fingerprint density at radius 1 is 0.783 bits per heavy atom. The zero-order chi connectivity index (χ0) is 15.7. The molecule has 0 radical (unpaired) electrons. The summed E-state index contributed by atoms with van der Waals surface area (Å²) in [5.74, 6) is 0. The van der Waals surface area contributed by atoms with Gasteiger partial charge in [-0.1, -0.05) is 0 Å². The fourth-order valence-electron chi connectivity index (χ4n) is 3.40. The van der Waals surface area contributed by atoms with Gasteiger partial charge in [-0.3, -0.25) is 4.90 Å². The number of benzene rings is 1. The van der Waals surface area contributed by atoms with E-state index in [1.165, 1.54) is 5.56 Å². The Kier molecular flexibility index (Phi) is 9.00. The van der Waals surface area contributed by atoms with Gasteiger partial charge in [-0.2, -0.15) is 0 Å². The molecule has 0 bridgehead atoms. The first-order valence-corrected chi connectivity index (χ1v) is 7.66. The lowest BCUT2D eigenvalue weighted by Crippen LogP contribution is -2.47. The van der Waals surface area contributed by atoms with Crippen molar-refractivity contribution in [3.8, 4) is 0 Å². The molecule has 2 nitrogen and oxygen atoms in total. The number of hydrogen-bond acceptors (Lipinski definition) is 2. The van der Waals surface area contributed by atoms with Crippen LogP contribution in [-0.4, -0.2) is 37.5 Å². The molecule has 1 saturated heterocycles. The van der Waals surface area contributed by atoms with E-state index < -0.39 is 12.5 Å². The smallest absolute Gasteiger partial charge is 0.258 e. The van der Waals surface area contributed by atoms with Gasteiger partial charge >= 0.3 is 0 Å². The summed E-state index contributed by atoms with van der Waals surface area (Å²) in [6.45, 7) is 13.1. The zero-order valence-electron chi connectivity index (χ0n) is 14.5. The molecule has 1 atom stereocenters. The van der Waals surface area contributed by atoms with Crippen molar-refractivity contribution in [3.05, 3.63) is 33.4 Å². The van der Waals surface area contributed by atoms with Crippen LogP contribution >= 0.6 is 24.8 Å². The molecule has 0 saturated carbocycles. The Morgan fingerprint density at radius 2 is 1.17 bits per heavy atom. The fourth-order valence-corrected chi connectivity index (χ4v) is 3.40. The summed E-state index contributed by atoms with van der Waals surface area (Å²) in [4.78, 5) is 1.94. The van der Waals surface area contributed by atoms with Crippen LogP contribution in [0.5, 0.6) is 0 Å². The van der Waals surface area contributed by atoms with E-state index in [4.69, 9.17) is 0 Å². The number of halogens is 4. The molecule has 0 amide bonds. The van der Waals surface area contributed by atoms with Gasteiger partial charge in [0.05, 0.1) is 6.04 Å². The predicted octanol–water partition coefficient (Wildman–Crippen LogP) is 4.28. The maximum Gasteiger partial charge on any atom is 0.258 e. The van der Waals surface area contributed by atoms with Crippen LogP contribution in [0.15, 0.2) is 0 Å². The normalized spacial score (nSPS) is 16.7. The van der Waals surface area contributed by atoms with E-state index in [-0.39, 0.29) is 24.8 Å². The minimum atomic E-state index is -2.36. The van der Waals surface area contributed by atoms with Gasteiger partial charge in [0.2, 0.25) is 0 Å². The zero-order valence-corrected chi connectivity index (χ0v) is 16.1. The first-order valence-electron chi connectivity index (χ1n) is 7.66. The molecule has 0 unspecified atom stereocenters. The highest BCUT2D eigenvalue weighted by Gasteiger charge is 2.33. The van der Waals surface area contributed by atoms with Gasteiger partial charge in [-0.15, -0.1) is 24.8 Å². The highest BCUT2D eigenvalue weighted by atomic mass is 35.5. The minimum absolute atomic E-state index is 0. The average molecular weight is 369 g/mol. The first-order chi connectivity index (χ1) is 9.86. The first kappa shape index (κ1) is 22.6. The van der Waals surface area contributed by atoms with Gasteiger partial charge in [0.25, 0.3) is 6.43 Å². The molecule has 1 aromatic rings. The lowest BCUT2D eigenvalue weighted by Gasteiger charge is -2.37. The molecule has 6 heteroatoms. The van der Waals surface area contributed by atoms with E-state index in [2.05, 4.69) is 12.2 Å². The third-order valence-electron chi connectivity index (χ3n) is 5.14. The molecule has 134 valence electrons. The molecule has 1 aliphatic heterocycles. The van der Waals surface area contributed by atoms with E-state index in [0.29, 0.717) is 13.1 Å². The Hall–Kier alpha value is -0.420. The standard InChI is InChI=1S/C17H26F2N2.2ClH/c1-10-11(2)13(4)15(14(5)12(10)3)16(17(18)19)21-8-6-20-7-9-21;;/h16-17,20H,6-9H2,1-5H3;2*1H/t16-;;/m0../s1. The molecule has 23 heavy (non-hydrogen) atoms. The van der Waals surface area contributed by atoms with Crippen LogP contribution in [-0.2, 0) is 0 Å². The van der Waals surface area contributed by atoms with Crippen LogP contribution < -0.4 is 5.32 Å². The predicted molar refractivity (Wildman–Crippen MR) is 97.8 cm³/mol. The topological polar surface area (TPSA) is 15.3 Å². The second-order valence-electron chi connectivity index (χ2n) is 6.10. The van der Waals surface area contributed by atoms with Gasteiger partial charge in [-0.25, -0.2) is 8.78 Å². The Labute approximate surface area is 150 Å². The maximum absolute atomic E-state index is 13.8. The fraction of sp³-hybridized carbons (Fsp3) is 0.647. The largest absolute Gasteiger partial charge is 0.314 e. The molecular formula is C17H28Cl2F2N2. The van der Waals surface area contributed by atoms with Crippen LogP contribution in [0.4, 0.5) is 8.78 Å². The van der Waals surface area contributed by atoms with E-state index >= 15 is 0 Å². The number of nitrogens with one attached hydrogen (secondary N) is 1. The number of piperazine rings is 1. The Balaban J connectivity index is 0.00000242. The van der Waals surface area contributed by atoms with Gasteiger partial charge < -0.3 is 5.32 Å². The van der Waals surface area contributed by atoms with E-state index in [9.17, 15) is 8.78 Å². The summed E-state index contributed by atoms with van der Waals surface area (Å²) < 4.78 is 27.7. The highest BCUT2D eigenvalue weighted by molar-refractivity contribution is 5.85. The summed E-state index contributed by atoms with van der Waals surface area (Å²) in [5.41, 5.74) is 6.41. The monoisotopic (exact) mass is 368 g/mol. The summed E-state index contributed by atoms with van der Waals surface area (Å²) >= 11 is 0. The van der Waals surface area contributed by atoms with Crippen LogP contribution in [0.1, 0.15) is 39.4 Å². The minimum Gasteiger partial charge on any atom is -0.314 e. The maximum atomic E-state index is 13.8. The average Bonchev–Trinajstić information content (AvgIpc) is 2.48. The molecule has 1 heterocycles.